The van der Waals surface area contributed by atoms with E-state index in [2.05, 4.69) is 10.4 Å². The third-order valence-corrected chi connectivity index (χ3v) is 3.71. The molecule has 0 spiro atoms. The smallest absolute Gasteiger partial charge is 0.171 e. The number of hydrogen-bond donors (Lipinski definition) is 2. The van der Waals surface area contributed by atoms with Gasteiger partial charge in [-0.1, -0.05) is 6.92 Å². The molecule has 15 heavy (non-hydrogen) atoms. The van der Waals surface area contributed by atoms with Crippen molar-refractivity contribution in [1.29, 1.82) is 0 Å². The highest BCUT2D eigenvalue weighted by molar-refractivity contribution is 7.91. The average molecular weight is 232 g/mol. The van der Waals surface area contributed by atoms with Crippen LogP contribution >= 0.6 is 0 Å². The Labute approximate surface area is 89.4 Å². The lowest BCUT2D eigenvalue weighted by atomic mass is 10.5. The second-order valence-corrected chi connectivity index (χ2v) is 5.74. The van der Waals surface area contributed by atoms with Crippen LogP contribution in [0.4, 0.5) is 11.5 Å². The molecule has 0 unspecified atom stereocenters. The highest BCUT2D eigenvalue weighted by Gasteiger charge is 2.08. The van der Waals surface area contributed by atoms with Crippen molar-refractivity contribution in [2.75, 3.05) is 29.1 Å². The van der Waals surface area contributed by atoms with Gasteiger partial charge >= 0.3 is 0 Å². The summed E-state index contributed by atoms with van der Waals surface area (Å²) >= 11 is 0. The number of hydrogen-bond acceptors (Lipinski definition) is 5. The molecule has 0 radical (unpaired) electrons. The third kappa shape index (κ3) is 3.43. The summed E-state index contributed by atoms with van der Waals surface area (Å²) in [5, 5.41) is 6.93. The topological polar surface area (TPSA) is 90.0 Å². The molecule has 6 nitrogen and oxygen atoms in total. The zero-order valence-electron chi connectivity index (χ0n) is 8.90. The molecule has 0 atom stereocenters. The van der Waals surface area contributed by atoms with E-state index in [4.69, 9.17) is 5.73 Å². The summed E-state index contributed by atoms with van der Waals surface area (Å²) in [6.45, 7) is 1.96. The molecule has 1 rings (SSSR count). The molecule has 1 aromatic heterocycles. The normalized spacial score (nSPS) is 11.6. The Morgan fingerprint density at radius 3 is 2.73 bits per heavy atom. The highest BCUT2D eigenvalue weighted by atomic mass is 32.2. The van der Waals surface area contributed by atoms with Gasteiger partial charge in [0.1, 0.15) is 0 Å². The fourth-order valence-corrected chi connectivity index (χ4v) is 1.82. The maximum atomic E-state index is 11.2. The van der Waals surface area contributed by atoms with E-state index < -0.39 is 9.84 Å². The van der Waals surface area contributed by atoms with Gasteiger partial charge < -0.3 is 11.1 Å². The molecular weight excluding hydrogens is 216 g/mol. The fourth-order valence-electron chi connectivity index (χ4n) is 1.11. The van der Waals surface area contributed by atoms with Crippen LogP contribution in [0, 0.1) is 0 Å². The number of rotatable bonds is 5. The summed E-state index contributed by atoms with van der Waals surface area (Å²) in [6, 6.07) is 0. The second-order valence-electron chi connectivity index (χ2n) is 3.27. The van der Waals surface area contributed by atoms with Gasteiger partial charge in [-0.3, -0.25) is 4.68 Å². The van der Waals surface area contributed by atoms with Crippen molar-refractivity contribution in [2.24, 2.45) is 7.05 Å². The maximum Gasteiger partial charge on any atom is 0.171 e. The van der Waals surface area contributed by atoms with Gasteiger partial charge in [-0.15, -0.1) is 0 Å². The van der Waals surface area contributed by atoms with Crippen LogP contribution in [-0.2, 0) is 16.9 Å². The molecule has 1 heterocycles. The number of nitrogens with zero attached hydrogens (tertiary/aromatic N) is 2. The van der Waals surface area contributed by atoms with Gasteiger partial charge in [-0.05, 0) is 0 Å². The van der Waals surface area contributed by atoms with Crippen molar-refractivity contribution < 1.29 is 8.42 Å². The minimum atomic E-state index is -2.93. The molecule has 0 aliphatic rings. The summed E-state index contributed by atoms with van der Waals surface area (Å²) < 4.78 is 23.9. The molecule has 0 saturated carbocycles. The van der Waals surface area contributed by atoms with E-state index in [-0.39, 0.29) is 11.5 Å². The number of nitrogens with one attached hydrogen (secondary N) is 1. The van der Waals surface area contributed by atoms with E-state index >= 15 is 0 Å². The average Bonchev–Trinajstić information content (AvgIpc) is 2.45. The molecule has 0 amide bonds. The van der Waals surface area contributed by atoms with Gasteiger partial charge in [0.05, 0.1) is 11.4 Å². The highest BCUT2D eigenvalue weighted by Crippen LogP contribution is 2.13. The van der Waals surface area contributed by atoms with Crippen LogP contribution in [0.2, 0.25) is 0 Å². The lowest BCUT2D eigenvalue weighted by molar-refractivity contribution is 0.597. The van der Waals surface area contributed by atoms with Gasteiger partial charge in [-0.25, -0.2) is 8.42 Å². The van der Waals surface area contributed by atoms with Crippen molar-refractivity contribution in [3.63, 3.8) is 0 Å². The number of nitrogen functional groups attached to an aromatic ring is 1. The van der Waals surface area contributed by atoms with Gasteiger partial charge in [-0.2, -0.15) is 5.10 Å². The molecule has 0 aliphatic heterocycles. The summed E-state index contributed by atoms with van der Waals surface area (Å²) in [7, 11) is -1.18. The zero-order chi connectivity index (χ0) is 11.5. The minimum absolute atomic E-state index is 0.0967. The lowest BCUT2D eigenvalue weighted by Crippen LogP contribution is -2.17. The molecule has 0 saturated heterocycles. The predicted molar refractivity (Wildman–Crippen MR) is 60.4 cm³/mol. The Hall–Kier alpha value is -1.24. The quantitative estimate of drug-likeness (QED) is 0.736. The number of aromatic nitrogens is 2. The van der Waals surface area contributed by atoms with Crippen LogP contribution in [0.3, 0.4) is 0 Å². The van der Waals surface area contributed by atoms with Crippen LogP contribution in [0.25, 0.3) is 0 Å². The van der Waals surface area contributed by atoms with Gasteiger partial charge in [0.15, 0.2) is 15.7 Å². The first kappa shape index (κ1) is 11.8. The van der Waals surface area contributed by atoms with Gasteiger partial charge in [0, 0.05) is 25.5 Å². The fraction of sp³-hybridized carbons (Fsp3) is 0.625. The molecular formula is C8H16N4O2S. The van der Waals surface area contributed by atoms with Crippen LogP contribution in [0.1, 0.15) is 6.92 Å². The van der Waals surface area contributed by atoms with Crippen molar-refractivity contribution >= 4 is 21.3 Å². The number of anilines is 2. The monoisotopic (exact) mass is 232 g/mol. The van der Waals surface area contributed by atoms with Gasteiger partial charge in [0.2, 0.25) is 0 Å². The van der Waals surface area contributed by atoms with Crippen LogP contribution in [0.5, 0.6) is 0 Å². The van der Waals surface area contributed by atoms with Crippen LogP contribution in [0.15, 0.2) is 6.20 Å². The molecule has 0 fully saturated rings. The Bertz CT molecular complexity index is 424. The minimum Gasteiger partial charge on any atom is -0.394 e. The van der Waals surface area contributed by atoms with Crippen molar-refractivity contribution in [2.45, 2.75) is 6.92 Å². The van der Waals surface area contributed by atoms with E-state index in [1.165, 1.54) is 0 Å². The molecule has 7 heteroatoms. The number of aryl methyl sites for hydroxylation is 1. The summed E-state index contributed by atoms with van der Waals surface area (Å²) in [5.74, 6) is 0.787. The molecule has 0 bridgehead atoms. The number of sulfone groups is 1. The first-order valence-electron chi connectivity index (χ1n) is 4.68. The standard InChI is InChI=1S/C8H16N4O2S/c1-3-15(13,14)5-4-10-8-7(9)6-12(2)11-8/h6H,3-5,9H2,1-2H3,(H,10,11). The van der Waals surface area contributed by atoms with E-state index in [1.807, 2.05) is 0 Å². The molecule has 1 aromatic rings. The van der Waals surface area contributed by atoms with Crippen molar-refractivity contribution in [1.82, 2.24) is 9.78 Å². The SMILES string of the molecule is CCS(=O)(=O)CCNc1nn(C)cc1N. The van der Waals surface area contributed by atoms with Crippen molar-refractivity contribution in [3.05, 3.63) is 6.20 Å². The zero-order valence-corrected chi connectivity index (χ0v) is 9.71. The Morgan fingerprint density at radius 1 is 1.60 bits per heavy atom. The first-order chi connectivity index (χ1) is 6.94. The number of nitrogens with two attached hydrogens (primary N) is 1. The molecule has 3 N–H and O–H groups in total. The largest absolute Gasteiger partial charge is 0.394 e. The van der Waals surface area contributed by atoms with E-state index in [1.54, 1.807) is 24.9 Å². The first-order valence-corrected chi connectivity index (χ1v) is 6.50. The van der Waals surface area contributed by atoms with E-state index in [9.17, 15) is 8.42 Å². The molecule has 86 valence electrons. The third-order valence-electron chi connectivity index (χ3n) is 2.00. The Morgan fingerprint density at radius 2 is 2.27 bits per heavy atom. The second kappa shape index (κ2) is 4.52. The summed E-state index contributed by atoms with van der Waals surface area (Å²) in [6.07, 6.45) is 1.66. The van der Waals surface area contributed by atoms with Gasteiger partial charge in [0.25, 0.3) is 0 Å². The van der Waals surface area contributed by atoms with Crippen LogP contribution < -0.4 is 11.1 Å². The van der Waals surface area contributed by atoms with Crippen molar-refractivity contribution in [3.8, 4) is 0 Å². The van der Waals surface area contributed by atoms with E-state index in [0.717, 1.165) is 0 Å². The van der Waals surface area contributed by atoms with Crippen LogP contribution in [-0.4, -0.2) is 36.2 Å². The molecule has 0 aromatic carbocycles. The summed E-state index contributed by atoms with van der Waals surface area (Å²) in [5.41, 5.74) is 6.15. The Kier molecular flexibility index (Phi) is 3.57. The maximum absolute atomic E-state index is 11.2. The Balaban J connectivity index is 2.48. The summed E-state index contributed by atoms with van der Waals surface area (Å²) in [4.78, 5) is 0. The lowest BCUT2D eigenvalue weighted by Gasteiger charge is -2.03. The molecule has 0 aliphatic carbocycles. The predicted octanol–water partition coefficient (Wildman–Crippen LogP) is -0.151. The van der Waals surface area contributed by atoms with E-state index in [0.29, 0.717) is 18.1 Å².